The lowest BCUT2D eigenvalue weighted by molar-refractivity contribution is 0.226. The average molecular weight is 286 g/mol. The Morgan fingerprint density at radius 2 is 2.16 bits per heavy atom. The quantitative estimate of drug-likeness (QED) is 0.408. The third kappa shape index (κ3) is 8.73. The summed E-state index contributed by atoms with van der Waals surface area (Å²) in [4.78, 5) is 11.5. The van der Waals surface area contributed by atoms with E-state index in [0.717, 1.165) is 0 Å². The van der Waals surface area contributed by atoms with Crippen molar-refractivity contribution in [3.8, 4) is 6.07 Å². The summed E-state index contributed by atoms with van der Waals surface area (Å²) in [6, 6.07) is 1.25. The molecule has 0 rings (SSSR count). The molecular weight excluding hydrogens is 268 g/mol. The lowest BCUT2D eigenvalue weighted by Gasteiger charge is -2.21. The van der Waals surface area contributed by atoms with E-state index in [0.29, 0.717) is 0 Å². The summed E-state index contributed by atoms with van der Waals surface area (Å²) >= 11 is 4.68. The molecule has 0 saturated carbocycles. The van der Waals surface area contributed by atoms with Gasteiger partial charge in [-0.2, -0.15) is 15.5 Å². The Kier molecular flexibility index (Phi) is 7.36. The third-order valence-corrected chi connectivity index (χ3v) is 2.04. The number of methoxy groups -OCH3 is 1. The number of nitrogens with zero attached hydrogens (tertiary/aromatic N) is 3. The number of nitriles is 1. The Labute approximate surface area is 117 Å². The molecule has 0 aromatic rings. The zero-order valence-electron chi connectivity index (χ0n) is 11.4. The molecule has 0 aliphatic carbocycles. The van der Waals surface area contributed by atoms with Crippen LogP contribution in [0.15, 0.2) is 10.2 Å². The highest BCUT2D eigenvalue weighted by molar-refractivity contribution is 7.80. The molecule has 106 valence electrons. The Bertz CT molecular complexity index is 390. The largest absolute Gasteiger partial charge is 0.473 e. The lowest BCUT2D eigenvalue weighted by atomic mass is 10.2. The minimum atomic E-state index is -0.899. The smallest absolute Gasteiger partial charge is 0.335 e. The van der Waals surface area contributed by atoms with Gasteiger partial charge in [-0.25, -0.2) is 10.2 Å². The molecule has 0 heterocycles. The van der Waals surface area contributed by atoms with Crippen molar-refractivity contribution in [1.82, 2.24) is 16.2 Å². The van der Waals surface area contributed by atoms with Crippen molar-refractivity contribution in [2.24, 2.45) is 10.2 Å². The van der Waals surface area contributed by atoms with Gasteiger partial charge < -0.3 is 10.1 Å². The van der Waals surface area contributed by atoms with Gasteiger partial charge in [0, 0.05) is 0 Å². The molecule has 0 fully saturated rings. The van der Waals surface area contributed by atoms with Crippen molar-refractivity contribution < 1.29 is 9.53 Å². The maximum Gasteiger partial charge on any atom is 0.335 e. The van der Waals surface area contributed by atoms with Crippen molar-refractivity contribution in [2.45, 2.75) is 38.9 Å². The van der Waals surface area contributed by atoms with E-state index in [4.69, 9.17) is 5.26 Å². The summed E-state index contributed by atoms with van der Waals surface area (Å²) in [7, 11) is 1.38. The van der Waals surface area contributed by atoms with E-state index in [1.807, 2.05) is 6.07 Å². The first-order chi connectivity index (χ1) is 8.80. The predicted molar refractivity (Wildman–Crippen MR) is 73.0 cm³/mol. The number of thiocarbonyl (C=S) groups is 1. The van der Waals surface area contributed by atoms with Crippen LogP contribution in [0.4, 0.5) is 4.79 Å². The van der Waals surface area contributed by atoms with Gasteiger partial charge in [0.1, 0.15) is 5.66 Å². The summed E-state index contributed by atoms with van der Waals surface area (Å²) in [5, 5.41) is 19.0. The maximum absolute atomic E-state index is 11.5. The average Bonchev–Trinajstić information content (AvgIpc) is 2.33. The number of amides is 2. The van der Waals surface area contributed by atoms with Crippen molar-refractivity contribution in [3.05, 3.63) is 0 Å². The summed E-state index contributed by atoms with van der Waals surface area (Å²) in [6.45, 7) is 5.11. The van der Waals surface area contributed by atoms with Crippen LogP contribution in [0, 0.1) is 11.3 Å². The van der Waals surface area contributed by atoms with Crippen LogP contribution in [0.3, 0.4) is 0 Å². The minimum Gasteiger partial charge on any atom is -0.473 e. The van der Waals surface area contributed by atoms with Crippen LogP contribution in [-0.2, 0) is 4.74 Å². The molecule has 0 aliphatic heterocycles. The van der Waals surface area contributed by atoms with E-state index in [1.54, 1.807) is 20.8 Å². The first-order valence-electron chi connectivity index (χ1n) is 5.52. The fraction of sp³-hybridized carbons (Fsp3) is 0.700. The van der Waals surface area contributed by atoms with Crippen LogP contribution < -0.4 is 16.2 Å². The number of carbonyl (C=O) groups excluding carboxylic acids is 1. The predicted octanol–water partition coefficient (Wildman–Crippen LogP) is 1.21. The number of hydrazine groups is 1. The lowest BCUT2D eigenvalue weighted by Crippen LogP contribution is -2.52. The number of carbonyl (C=O) groups is 1. The van der Waals surface area contributed by atoms with Gasteiger partial charge in [-0.3, -0.25) is 5.43 Å². The molecule has 8 nitrogen and oxygen atoms in total. The highest BCUT2D eigenvalue weighted by atomic mass is 32.1. The van der Waals surface area contributed by atoms with Crippen LogP contribution >= 0.6 is 12.2 Å². The number of hydrogen-bond donors (Lipinski definition) is 3. The second-order valence-electron chi connectivity index (χ2n) is 4.18. The molecular formula is C10H18N6O2S. The van der Waals surface area contributed by atoms with Crippen LogP contribution in [0.25, 0.3) is 0 Å². The number of urea groups is 1. The monoisotopic (exact) mass is 286 g/mol. The van der Waals surface area contributed by atoms with Crippen LogP contribution in [-0.4, -0.2) is 30.0 Å². The second-order valence-corrected chi connectivity index (χ2v) is 4.55. The van der Waals surface area contributed by atoms with E-state index >= 15 is 0 Å². The van der Waals surface area contributed by atoms with Crippen molar-refractivity contribution in [3.63, 3.8) is 0 Å². The topological polar surface area (TPSA) is 111 Å². The highest BCUT2D eigenvalue weighted by Gasteiger charge is 2.19. The SMILES string of the molecule is COC(=S)NNC(=O)NC(C)(C)N=NC(C)CC#N. The zero-order chi connectivity index (χ0) is 14.9. The number of hydrogen-bond acceptors (Lipinski definition) is 6. The number of azo groups is 1. The molecule has 0 aliphatic rings. The zero-order valence-corrected chi connectivity index (χ0v) is 12.2. The molecule has 0 saturated heterocycles. The molecule has 1 unspecified atom stereocenters. The van der Waals surface area contributed by atoms with E-state index in [-0.39, 0.29) is 17.6 Å². The Hall–Kier alpha value is -1.95. The van der Waals surface area contributed by atoms with Gasteiger partial charge in [0.25, 0.3) is 5.17 Å². The number of nitrogens with one attached hydrogen (secondary N) is 3. The van der Waals surface area contributed by atoms with Crippen molar-refractivity contribution in [1.29, 1.82) is 5.26 Å². The Morgan fingerprint density at radius 1 is 1.53 bits per heavy atom. The second kappa shape index (κ2) is 8.20. The Morgan fingerprint density at radius 3 is 2.68 bits per heavy atom. The molecule has 2 amide bonds. The first kappa shape index (κ1) is 17.1. The van der Waals surface area contributed by atoms with E-state index in [1.165, 1.54) is 7.11 Å². The van der Waals surface area contributed by atoms with E-state index < -0.39 is 11.7 Å². The molecule has 0 aromatic carbocycles. The number of ether oxygens (including phenoxy) is 1. The van der Waals surface area contributed by atoms with Gasteiger partial charge in [-0.15, -0.1) is 0 Å². The standard InChI is InChI=1S/C10H18N6O2S/c1-7(5-6-11)13-16-10(2,3)12-8(17)14-15-9(19)18-4/h7H,5H2,1-4H3,(H,15,19)(H2,12,14,17). The summed E-state index contributed by atoms with van der Waals surface area (Å²) in [5.41, 5.74) is 3.76. The summed E-state index contributed by atoms with van der Waals surface area (Å²) < 4.78 is 4.64. The molecule has 0 aromatic heterocycles. The molecule has 19 heavy (non-hydrogen) atoms. The molecule has 0 spiro atoms. The first-order valence-corrected chi connectivity index (χ1v) is 5.92. The van der Waals surface area contributed by atoms with Gasteiger partial charge >= 0.3 is 6.03 Å². The van der Waals surface area contributed by atoms with Crippen molar-refractivity contribution >= 4 is 23.4 Å². The molecule has 0 radical (unpaired) electrons. The fourth-order valence-electron chi connectivity index (χ4n) is 0.909. The Balaban J connectivity index is 4.25. The van der Waals surface area contributed by atoms with E-state index in [9.17, 15) is 4.79 Å². The molecule has 3 N–H and O–H groups in total. The van der Waals surface area contributed by atoms with E-state index in [2.05, 4.69) is 43.4 Å². The maximum atomic E-state index is 11.5. The summed E-state index contributed by atoms with van der Waals surface area (Å²) in [6.07, 6.45) is 0.273. The van der Waals surface area contributed by atoms with Crippen molar-refractivity contribution in [2.75, 3.05) is 7.11 Å². The molecule has 0 bridgehead atoms. The summed E-state index contributed by atoms with van der Waals surface area (Å²) in [5.74, 6) is 0. The molecule has 9 heteroatoms. The van der Waals surface area contributed by atoms with Gasteiger partial charge in [0.05, 0.1) is 25.6 Å². The van der Waals surface area contributed by atoms with Crippen LogP contribution in [0.5, 0.6) is 0 Å². The molecule has 1 atom stereocenters. The van der Waals surface area contributed by atoms with Gasteiger partial charge in [-0.05, 0) is 33.0 Å². The van der Waals surface area contributed by atoms with Crippen LogP contribution in [0.2, 0.25) is 0 Å². The van der Waals surface area contributed by atoms with Gasteiger partial charge in [0.2, 0.25) is 0 Å². The third-order valence-electron chi connectivity index (χ3n) is 1.77. The van der Waals surface area contributed by atoms with Gasteiger partial charge in [-0.1, -0.05) is 0 Å². The number of rotatable bonds is 4. The fourth-order valence-corrected chi connectivity index (χ4v) is 0.960. The highest BCUT2D eigenvalue weighted by Crippen LogP contribution is 2.07. The minimum absolute atomic E-state index is 0.0391. The van der Waals surface area contributed by atoms with Crippen LogP contribution in [0.1, 0.15) is 27.2 Å². The van der Waals surface area contributed by atoms with Gasteiger partial charge in [0.15, 0.2) is 0 Å². The normalized spacial score (nSPS) is 12.4.